The van der Waals surface area contributed by atoms with Gasteiger partial charge in [0, 0.05) is 4.47 Å². The molecular weight excluding hydrogens is 212 g/mol. The Kier molecular flexibility index (Phi) is 2.05. The molecule has 0 amide bonds. The summed E-state index contributed by atoms with van der Waals surface area (Å²) >= 11 is 3.58. The number of rotatable bonds is 2. The van der Waals surface area contributed by atoms with Crippen LogP contribution in [0.1, 0.15) is 29.9 Å². The Bertz CT molecular complexity index is 311. The molecule has 1 aliphatic carbocycles. The fourth-order valence-electron chi connectivity index (χ4n) is 1.40. The van der Waals surface area contributed by atoms with Gasteiger partial charge < -0.3 is 0 Å². The van der Waals surface area contributed by atoms with Gasteiger partial charge >= 0.3 is 0 Å². The van der Waals surface area contributed by atoms with Gasteiger partial charge in [-0.3, -0.25) is 0 Å². The summed E-state index contributed by atoms with van der Waals surface area (Å²) in [4.78, 5) is 0. The predicted molar refractivity (Wildman–Crippen MR) is 54.1 cm³/mol. The van der Waals surface area contributed by atoms with Crippen LogP contribution in [-0.4, -0.2) is 0 Å². The van der Waals surface area contributed by atoms with Gasteiger partial charge in [-0.15, -0.1) is 0 Å². The molecule has 0 N–H and O–H groups in total. The summed E-state index contributed by atoms with van der Waals surface area (Å²) < 4.78 is 1.18. The van der Waals surface area contributed by atoms with Crippen LogP contribution in [0.4, 0.5) is 0 Å². The summed E-state index contributed by atoms with van der Waals surface area (Å²) in [6.45, 7) is 3.66. The Labute approximate surface area is 81.4 Å². The quantitative estimate of drug-likeness (QED) is 0.716. The fraction of sp³-hybridized carbons (Fsp3) is 0.273. The lowest BCUT2D eigenvalue weighted by Crippen LogP contribution is -1.85. The van der Waals surface area contributed by atoms with E-state index in [4.69, 9.17) is 0 Å². The highest BCUT2D eigenvalue weighted by molar-refractivity contribution is 9.10. The first-order chi connectivity index (χ1) is 5.83. The molecule has 0 nitrogen and oxygen atoms in total. The van der Waals surface area contributed by atoms with E-state index in [1.54, 1.807) is 0 Å². The lowest BCUT2D eigenvalue weighted by molar-refractivity contribution is 1.11. The summed E-state index contributed by atoms with van der Waals surface area (Å²) in [7, 11) is 0. The van der Waals surface area contributed by atoms with Crippen molar-refractivity contribution in [2.75, 3.05) is 0 Å². The monoisotopic (exact) mass is 221 g/mol. The van der Waals surface area contributed by atoms with Crippen molar-refractivity contribution in [1.82, 2.24) is 0 Å². The Morgan fingerprint density at radius 2 is 2.17 bits per heavy atom. The van der Waals surface area contributed by atoms with Crippen LogP contribution in [0.15, 0.2) is 29.3 Å². The summed E-state index contributed by atoms with van der Waals surface area (Å²) in [5.74, 6) is 0.785. The molecular formula is C11H10Br. The second kappa shape index (κ2) is 3.06. The molecule has 0 spiro atoms. The van der Waals surface area contributed by atoms with Gasteiger partial charge in [-0.05, 0) is 51.9 Å². The van der Waals surface area contributed by atoms with Gasteiger partial charge in [-0.2, -0.15) is 0 Å². The van der Waals surface area contributed by atoms with Gasteiger partial charge in [0.05, 0.1) is 0 Å². The van der Waals surface area contributed by atoms with Crippen molar-refractivity contribution >= 4 is 15.9 Å². The smallest absolute Gasteiger partial charge is 0.0288 e. The highest BCUT2D eigenvalue weighted by atomic mass is 79.9. The molecule has 0 saturated heterocycles. The van der Waals surface area contributed by atoms with Crippen molar-refractivity contribution in [3.05, 3.63) is 46.5 Å². The van der Waals surface area contributed by atoms with Gasteiger partial charge in [0.1, 0.15) is 0 Å². The Morgan fingerprint density at radius 1 is 1.42 bits per heavy atom. The summed E-state index contributed by atoms with van der Waals surface area (Å²) in [5, 5.41) is 0. The van der Waals surface area contributed by atoms with Crippen LogP contribution >= 0.6 is 15.9 Å². The summed E-state index contributed by atoms with van der Waals surface area (Å²) in [5.41, 5.74) is 2.50. The maximum absolute atomic E-state index is 3.66. The first-order valence-corrected chi connectivity index (χ1v) is 4.93. The first kappa shape index (κ1) is 8.06. The van der Waals surface area contributed by atoms with Gasteiger partial charge in [0.25, 0.3) is 0 Å². The van der Waals surface area contributed by atoms with E-state index in [2.05, 4.69) is 40.7 Å². The fourth-order valence-corrected chi connectivity index (χ4v) is 2.12. The van der Waals surface area contributed by atoms with Crippen LogP contribution in [0.3, 0.4) is 0 Å². The second-order valence-electron chi connectivity index (χ2n) is 3.16. The molecule has 0 unspecified atom stereocenters. The van der Waals surface area contributed by atoms with Crippen molar-refractivity contribution in [3.8, 4) is 0 Å². The van der Waals surface area contributed by atoms with E-state index in [-0.39, 0.29) is 0 Å². The number of halogens is 1. The molecule has 2 rings (SSSR count). The molecule has 12 heavy (non-hydrogen) atoms. The highest BCUT2D eigenvalue weighted by Crippen LogP contribution is 2.43. The average Bonchev–Trinajstić information content (AvgIpc) is 2.88. The zero-order valence-corrected chi connectivity index (χ0v) is 8.39. The third kappa shape index (κ3) is 1.34. The lowest BCUT2D eigenvalue weighted by atomic mass is 10.1. The minimum atomic E-state index is 0.785. The van der Waals surface area contributed by atoms with E-state index in [0.29, 0.717) is 0 Å². The van der Waals surface area contributed by atoms with Gasteiger partial charge in [0.2, 0.25) is 0 Å². The van der Waals surface area contributed by atoms with E-state index in [1.165, 1.54) is 22.9 Å². The van der Waals surface area contributed by atoms with Crippen LogP contribution in [-0.2, 0) is 0 Å². The van der Waals surface area contributed by atoms with Gasteiger partial charge in [-0.25, -0.2) is 0 Å². The number of benzene rings is 1. The van der Waals surface area contributed by atoms with Crippen LogP contribution < -0.4 is 0 Å². The molecule has 1 heteroatoms. The SMILES string of the molecule is C=[C]c1cccc(C2CC2)c1Br. The molecule has 0 aromatic heterocycles. The molecule has 0 atom stereocenters. The van der Waals surface area contributed by atoms with Crippen LogP contribution in [0.2, 0.25) is 0 Å². The van der Waals surface area contributed by atoms with Gasteiger partial charge in [0.15, 0.2) is 0 Å². The van der Waals surface area contributed by atoms with E-state index < -0.39 is 0 Å². The van der Waals surface area contributed by atoms with Crippen LogP contribution in [0.5, 0.6) is 0 Å². The Balaban J connectivity index is 2.47. The molecule has 1 aromatic rings. The van der Waals surface area contributed by atoms with E-state index in [9.17, 15) is 0 Å². The predicted octanol–water partition coefficient (Wildman–Crippen LogP) is 3.66. The zero-order chi connectivity index (χ0) is 8.55. The topological polar surface area (TPSA) is 0 Å². The normalized spacial score (nSPS) is 16.1. The highest BCUT2D eigenvalue weighted by Gasteiger charge is 2.25. The maximum atomic E-state index is 3.66. The van der Waals surface area contributed by atoms with Crippen molar-refractivity contribution in [1.29, 1.82) is 0 Å². The van der Waals surface area contributed by atoms with Crippen molar-refractivity contribution in [3.63, 3.8) is 0 Å². The Hall–Kier alpha value is -0.560. The molecule has 1 radical (unpaired) electrons. The minimum Gasteiger partial charge on any atom is -0.0905 e. The molecule has 1 aromatic carbocycles. The van der Waals surface area contributed by atoms with Gasteiger partial charge in [-0.1, -0.05) is 24.8 Å². The largest absolute Gasteiger partial charge is 0.0905 e. The molecule has 0 heterocycles. The molecule has 0 bridgehead atoms. The summed E-state index contributed by atoms with van der Waals surface area (Å²) in [6, 6.07) is 6.29. The Morgan fingerprint density at radius 3 is 2.75 bits per heavy atom. The molecule has 1 aliphatic rings. The third-order valence-corrected chi connectivity index (χ3v) is 3.12. The van der Waals surface area contributed by atoms with Crippen molar-refractivity contribution in [2.24, 2.45) is 0 Å². The summed E-state index contributed by atoms with van der Waals surface area (Å²) in [6.07, 6.45) is 5.59. The molecule has 1 saturated carbocycles. The standard InChI is InChI=1S/C11H10Br/c1-2-8-4-3-5-10(11(8)12)9-6-7-9/h3-5,9H,1,6-7H2. The minimum absolute atomic E-state index is 0.785. The third-order valence-electron chi connectivity index (χ3n) is 2.24. The molecule has 0 aliphatic heterocycles. The average molecular weight is 222 g/mol. The van der Waals surface area contributed by atoms with E-state index in [1.807, 2.05) is 6.07 Å². The molecule has 61 valence electrons. The van der Waals surface area contributed by atoms with Crippen molar-refractivity contribution in [2.45, 2.75) is 18.8 Å². The number of hydrogen-bond donors (Lipinski definition) is 0. The number of hydrogen-bond acceptors (Lipinski definition) is 0. The first-order valence-electron chi connectivity index (χ1n) is 4.14. The second-order valence-corrected chi connectivity index (χ2v) is 3.95. The molecule has 1 fully saturated rings. The maximum Gasteiger partial charge on any atom is 0.0288 e. The zero-order valence-electron chi connectivity index (χ0n) is 6.81. The van der Waals surface area contributed by atoms with E-state index in [0.717, 1.165) is 11.5 Å². The van der Waals surface area contributed by atoms with E-state index >= 15 is 0 Å². The van der Waals surface area contributed by atoms with Crippen LogP contribution in [0.25, 0.3) is 0 Å². The van der Waals surface area contributed by atoms with Crippen molar-refractivity contribution < 1.29 is 0 Å². The van der Waals surface area contributed by atoms with Crippen LogP contribution in [0, 0.1) is 6.08 Å². The lowest BCUT2D eigenvalue weighted by Gasteiger charge is -2.04.